The van der Waals surface area contributed by atoms with E-state index in [1.54, 1.807) is 25.3 Å². The van der Waals surface area contributed by atoms with E-state index in [2.05, 4.69) is 6.58 Å². The summed E-state index contributed by atoms with van der Waals surface area (Å²) < 4.78 is 43.2. The van der Waals surface area contributed by atoms with Crippen LogP contribution in [0.2, 0.25) is 0 Å². The van der Waals surface area contributed by atoms with Gasteiger partial charge < -0.3 is 28.6 Å². The molecule has 0 N–H and O–H groups in total. The van der Waals surface area contributed by atoms with Crippen LogP contribution in [0.5, 0.6) is 17.2 Å². The number of methoxy groups -OCH3 is 2. The fourth-order valence-corrected chi connectivity index (χ4v) is 5.52. The maximum atomic E-state index is 15.1. The van der Waals surface area contributed by atoms with Gasteiger partial charge in [-0.15, -0.1) is 0 Å². The molecule has 1 saturated heterocycles. The van der Waals surface area contributed by atoms with Crippen LogP contribution in [0.4, 0.5) is 4.39 Å². The molecule has 2 atom stereocenters. The average Bonchev–Trinajstić information content (AvgIpc) is 3.12. The molecule has 1 aliphatic heterocycles. The first-order chi connectivity index (χ1) is 24.6. The highest BCUT2D eigenvalue weighted by Gasteiger charge is 2.42. The smallest absolute Gasteiger partial charge is 0.330 e. The average molecular weight is 724 g/mol. The molecule has 1 fully saturated rings. The number of rotatable bonds is 18. The van der Waals surface area contributed by atoms with E-state index in [9.17, 15) is 19.2 Å². The van der Waals surface area contributed by atoms with Crippen molar-refractivity contribution in [2.24, 2.45) is 17.3 Å². The number of likely N-dealkylation sites (tertiary alicyclic amines) is 1. The van der Waals surface area contributed by atoms with Gasteiger partial charge in [0.1, 0.15) is 36.9 Å². The molecule has 0 unspecified atom stereocenters. The molecular formula is C41H54FNO9. The zero-order valence-electron chi connectivity index (χ0n) is 31.8. The number of carbonyl (C=O) groups is 4. The Hall–Kier alpha value is -4.67. The second-order valence-electron chi connectivity index (χ2n) is 14.4. The van der Waals surface area contributed by atoms with Gasteiger partial charge in [-0.2, -0.15) is 0 Å². The molecule has 11 heteroatoms. The largest absolute Gasteiger partial charge is 0.493 e. The molecule has 0 radical (unpaired) electrons. The summed E-state index contributed by atoms with van der Waals surface area (Å²) in [6, 6.07) is 8.61. The summed E-state index contributed by atoms with van der Waals surface area (Å²) in [7, 11) is 3.08. The Balaban J connectivity index is 1.87. The van der Waals surface area contributed by atoms with Crippen molar-refractivity contribution < 1.29 is 47.3 Å². The maximum absolute atomic E-state index is 15.1. The predicted molar refractivity (Wildman–Crippen MR) is 196 cm³/mol. The third kappa shape index (κ3) is 12.0. The fraction of sp³-hybridized carbons (Fsp3) is 0.512. The lowest BCUT2D eigenvalue weighted by atomic mass is 9.87. The Bertz CT molecular complexity index is 1610. The van der Waals surface area contributed by atoms with Gasteiger partial charge in [-0.1, -0.05) is 46.4 Å². The lowest BCUT2D eigenvalue weighted by molar-refractivity contribution is -0.165. The van der Waals surface area contributed by atoms with Crippen LogP contribution in [0.3, 0.4) is 0 Å². The van der Waals surface area contributed by atoms with Gasteiger partial charge >= 0.3 is 11.9 Å². The highest BCUT2D eigenvalue weighted by molar-refractivity contribution is 6.38. The normalized spacial score (nSPS) is 15.4. The minimum atomic E-state index is -1.34. The third-order valence-electron chi connectivity index (χ3n) is 8.94. The summed E-state index contributed by atoms with van der Waals surface area (Å²) in [5.74, 6) is -1.88. The van der Waals surface area contributed by atoms with Crippen molar-refractivity contribution >= 4 is 23.6 Å². The van der Waals surface area contributed by atoms with Crippen molar-refractivity contribution in [1.82, 2.24) is 4.90 Å². The zero-order valence-corrected chi connectivity index (χ0v) is 31.8. The van der Waals surface area contributed by atoms with Gasteiger partial charge in [0, 0.05) is 18.7 Å². The SMILES string of the molecule is C=C(COc1cc(F)cc([C@H](CCc2ccc(OC)c(OC)c2)OC(=O)[C@@H]2CCCCN2C(=O)C(=O)C(C)(C)COC(=O)C=CC(C)C)c1)C(C)C. The molecule has 0 spiro atoms. The number of ether oxygens (including phenoxy) is 5. The van der Waals surface area contributed by atoms with Crippen LogP contribution in [0.1, 0.15) is 84.5 Å². The minimum Gasteiger partial charge on any atom is -0.493 e. The Morgan fingerprint density at radius 1 is 1.00 bits per heavy atom. The number of nitrogens with zero attached hydrogens (tertiary/aromatic N) is 1. The van der Waals surface area contributed by atoms with Crippen molar-refractivity contribution in [2.75, 3.05) is 34.0 Å². The first kappa shape index (κ1) is 41.7. The fourth-order valence-electron chi connectivity index (χ4n) is 5.52. The number of benzene rings is 2. The quantitative estimate of drug-likeness (QED) is 0.0672. The lowest BCUT2D eigenvalue weighted by Crippen LogP contribution is -2.53. The second kappa shape index (κ2) is 19.2. The molecule has 3 rings (SSSR count). The Morgan fingerprint density at radius 2 is 1.71 bits per heavy atom. The molecule has 1 heterocycles. The molecule has 284 valence electrons. The Morgan fingerprint density at radius 3 is 2.37 bits per heavy atom. The summed E-state index contributed by atoms with van der Waals surface area (Å²) in [4.78, 5) is 54.6. The summed E-state index contributed by atoms with van der Waals surface area (Å²) in [6.07, 6.45) is 4.21. The number of carbonyl (C=O) groups excluding carboxylic acids is 4. The number of piperidine rings is 1. The van der Waals surface area contributed by atoms with Gasteiger partial charge in [0.05, 0.1) is 19.6 Å². The van der Waals surface area contributed by atoms with Gasteiger partial charge in [-0.05, 0) is 98.8 Å². The van der Waals surface area contributed by atoms with Crippen LogP contribution >= 0.6 is 0 Å². The van der Waals surface area contributed by atoms with E-state index in [-0.39, 0.29) is 50.2 Å². The summed E-state index contributed by atoms with van der Waals surface area (Å²) in [5, 5.41) is 0. The van der Waals surface area contributed by atoms with Crippen LogP contribution < -0.4 is 14.2 Å². The van der Waals surface area contributed by atoms with Crippen molar-refractivity contribution in [3.05, 3.63) is 77.6 Å². The van der Waals surface area contributed by atoms with Gasteiger partial charge in [0.2, 0.25) is 5.78 Å². The van der Waals surface area contributed by atoms with Gasteiger partial charge in [-0.3, -0.25) is 9.59 Å². The molecule has 52 heavy (non-hydrogen) atoms. The van der Waals surface area contributed by atoms with E-state index < -0.39 is 47.0 Å². The van der Waals surface area contributed by atoms with Gasteiger partial charge in [-0.25, -0.2) is 14.0 Å². The number of aryl methyl sites for hydroxylation is 1. The summed E-state index contributed by atoms with van der Waals surface area (Å²) in [6.45, 7) is 14.9. The van der Waals surface area contributed by atoms with Crippen LogP contribution in [0, 0.1) is 23.1 Å². The monoisotopic (exact) mass is 723 g/mol. The molecule has 10 nitrogen and oxygen atoms in total. The van der Waals surface area contributed by atoms with Crippen molar-refractivity contribution in [3.8, 4) is 17.2 Å². The number of ketones is 1. The number of Topliss-reactive ketones (excluding diaryl/α,β-unsaturated/α-hetero) is 1. The van der Waals surface area contributed by atoms with Crippen molar-refractivity contribution in [2.45, 2.75) is 85.8 Å². The molecule has 1 amide bonds. The van der Waals surface area contributed by atoms with Crippen LogP contribution in [0.25, 0.3) is 0 Å². The second-order valence-corrected chi connectivity index (χ2v) is 14.4. The van der Waals surface area contributed by atoms with Crippen molar-refractivity contribution in [3.63, 3.8) is 0 Å². The van der Waals surface area contributed by atoms with E-state index in [1.165, 1.54) is 44.1 Å². The highest BCUT2D eigenvalue weighted by Crippen LogP contribution is 2.33. The highest BCUT2D eigenvalue weighted by atomic mass is 19.1. The zero-order chi connectivity index (χ0) is 38.6. The minimum absolute atomic E-state index is 0.136. The topological polar surface area (TPSA) is 118 Å². The Labute approximate surface area is 307 Å². The predicted octanol–water partition coefficient (Wildman–Crippen LogP) is 7.38. The molecule has 2 aromatic carbocycles. The molecule has 0 saturated carbocycles. The van der Waals surface area contributed by atoms with Crippen LogP contribution in [0.15, 0.2) is 60.7 Å². The number of amides is 1. The Kier molecular flexibility index (Phi) is 15.5. The van der Waals surface area contributed by atoms with E-state index >= 15 is 4.39 Å². The summed E-state index contributed by atoms with van der Waals surface area (Å²) >= 11 is 0. The third-order valence-corrected chi connectivity index (χ3v) is 8.94. The van der Waals surface area contributed by atoms with E-state index in [1.807, 2.05) is 39.8 Å². The molecule has 1 aliphatic rings. The van der Waals surface area contributed by atoms with Gasteiger partial charge in [0.15, 0.2) is 11.5 Å². The molecular weight excluding hydrogens is 669 g/mol. The van der Waals surface area contributed by atoms with E-state index in [4.69, 9.17) is 23.7 Å². The maximum Gasteiger partial charge on any atom is 0.330 e. The van der Waals surface area contributed by atoms with Gasteiger partial charge in [0.25, 0.3) is 5.91 Å². The molecule has 0 aliphatic carbocycles. The molecule has 2 aromatic rings. The molecule has 0 bridgehead atoms. The number of hydrogen-bond donors (Lipinski definition) is 0. The lowest BCUT2D eigenvalue weighted by Gasteiger charge is -2.36. The van der Waals surface area contributed by atoms with Crippen LogP contribution in [-0.2, 0) is 35.1 Å². The standard InChI is InChI=1S/C41H54FNO9/c1-26(2)13-18-37(44)51-25-41(6,7)38(45)39(46)43-19-11-10-12-33(43)40(47)52-34(16-14-29-15-17-35(48-8)36(20-29)49-9)30-21-31(42)23-32(22-30)50-24-28(5)27(3)4/h13,15,17-18,20-23,26-27,33-34H,5,10-12,14,16,19,24-25H2,1-4,6-9H3/t33-,34-/m0/s1. The number of esters is 2. The number of hydrogen-bond acceptors (Lipinski definition) is 9. The van der Waals surface area contributed by atoms with Crippen molar-refractivity contribution in [1.29, 1.82) is 0 Å². The van der Waals surface area contributed by atoms with E-state index in [0.717, 1.165) is 11.1 Å². The van der Waals surface area contributed by atoms with Crippen LogP contribution in [-0.4, -0.2) is 68.5 Å². The molecule has 0 aromatic heterocycles. The number of allylic oxidation sites excluding steroid dienone is 1. The first-order valence-electron chi connectivity index (χ1n) is 17.8. The van der Waals surface area contributed by atoms with E-state index in [0.29, 0.717) is 36.3 Å². The summed E-state index contributed by atoms with van der Waals surface area (Å²) in [5.41, 5.74) is 0.731. The number of halogens is 1. The first-order valence-corrected chi connectivity index (χ1v) is 17.8.